The Balaban J connectivity index is 1.21. The highest BCUT2D eigenvalue weighted by atomic mass is 28.3. The van der Waals surface area contributed by atoms with Crippen LogP contribution in [0.25, 0.3) is 78.3 Å². The molecule has 0 fully saturated rings. The Morgan fingerprint density at radius 2 is 0.816 bits per heavy atom. The average molecular weight is 644 g/mol. The molecule has 0 amide bonds. The van der Waals surface area contributed by atoms with Gasteiger partial charge in [0.15, 0.2) is 17.5 Å². The third-order valence-electron chi connectivity index (χ3n) is 9.94. The summed E-state index contributed by atoms with van der Waals surface area (Å²) in [4.78, 5) is 15.6. The third-order valence-corrected chi connectivity index (χ3v) is 13.5. The zero-order chi connectivity index (χ0) is 33.0. The van der Waals surface area contributed by atoms with Gasteiger partial charge in [0.1, 0.15) is 8.07 Å². The smallest absolute Gasteiger partial charge is 0.164 e. The standard InChI is InChI=1S/C45H33N3Si/c1-49(2)40-18-10-9-16-38(40)42-39(17-11-19-41(42)49)45-47-43(33-22-20-32(21-23-33)30-12-5-3-6-13-30)46-44(48-45)37-27-26-35-28-34(24-25-36(35)29-37)31-14-7-4-8-15-31/h3-29H,1-2H3. The molecule has 0 bridgehead atoms. The van der Waals surface area contributed by atoms with Crippen molar-refractivity contribution in [3.05, 3.63) is 164 Å². The largest absolute Gasteiger partial charge is 0.208 e. The molecule has 0 spiro atoms. The van der Waals surface area contributed by atoms with Crippen molar-refractivity contribution in [2.24, 2.45) is 0 Å². The first-order chi connectivity index (χ1) is 24.0. The van der Waals surface area contributed by atoms with E-state index in [9.17, 15) is 0 Å². The van der Waals surface area contributed by atoms with E-state index in [-0.39, 0.29) is 0 Å². The van der Waals surface area contributed by atoms with E-state index >= 15 is 0 Å². The highest BCUT2D eigenvalue weighted by molar-refractivity contribution is 7.04. The van der Waals surface area contributed by atoms with Gasteiger partial charge in [0.05, 0.1) is 0 Å². The number of hydrogen-bond donors (Lipinski definition) is 0. The van der Waals surface area contributed by atoms with Gasteiger partial charge < -0.3 is 0 Å². The molecule has 0 saturated carbocycles. The molecular formula is C45H33N3Si. The first-order valence-corrected chi connectivity index (χ1v) is 19.8. The summed E-state index contributed by atoms with van der Waals surface area (Å²) in [6, 6.07) is 58.2. The Kier molecular flexibility index (Phi) is 6.92. The molecule has 9 rings (SSSR count). The van der Waals surface area contributed by atoms with Gasteiger partial charge in [-0.15, -0.1) is 0 Å². The van der Waals surface area contributed by atoms with Gasteiger partial charge in [0.2, 0.25) is 0 Å². The van der Waals surface area contributed by atoms with Gasteiger partial charge >= 0.3 is 0 Å². The Bertz CT molecular complexity index is 2510. The van der Waals surface area contributed by atoms with E-state index in [0.717, 1.165) is 27.6 Å². The molecule has 1 aliphatic rings. The van der Waals surface area contributed by atoms with Gasteiger partial charge in [-0.25, -0.2) is 15.0 Å². The molecule has 0 atom stereocenters. The van der Waals surface area contributed by atoms with Crippen molar-refractivity contribution in [3.63, 3.8) is 0 Å². The molecule has 0 saturated heterocycles. The summed E-state index contributed by atoms with van der Waals surface area (Å²) < 4.78 is 0. The molecule has 1 aliphatic heterocycles. The summed E-state index contributed by atoms with van der Waals surface area (Å²) in [5, 5.41) is 5.23. The van der Waals surface area contributed by atoms with Crippen LogP contribution in [-0.4, -0.2) is 23.0 Å². The maximum absolute atomic E-state index is 5.23. The lowest BCUT2D eigenvalue weighted by atomic mass is 9.98. The summed E-state index contributed by atoms with van der Waals surface area (Å²) in [5.41, 5.74) is 10.3. The van der Waals surface area contributed by atoms with Crippen LogP contribution in [0.4, 0.5) is 0 Å². The molecule has 0 radical (unpaired) electrons. The second kappa shape index (κ2) is 11.6. The number of aromatic nitrogens is 3. The Morgan fingerprint density at radius 1 is 0.347 bits per heavy atom. The van der Waals surface area contributed by atoms with E-state index in [2.05, 4.69) is 171 Å². The minimum absolute atomic E-state index is 0.666. The minimum Gasteiger partial charge on any atom is -0.208 e. The van der Waals surface area contributed by atoms with Crippen LogP contribution in [0.2, 0.25) is 13.1 Å². The van der Waals surface area contributed by atoms with Crippen LogP contribution in [0.3, 0.4) is 0 Å². The summed E-state index contributed by atoms with van der Waals surface area (Å²) in [6.45, 7) is 4.89. The number of rotatable bonds is 5. The highest BCUT2D eigenvalue weighted by Gasteiger charge is 2.38. The fourth-order valence-electron chi connectivity index (χ4n) is 7.33. The lowest BCUT2D eigenvalue weighted by Gasteiger charge is -2.18. The lowest BCUT2D eigenvalue weighted by Crippen LogP contribution is -2.49. The molecule has 3 nitrogen and oxygen atoms in total. The monoisotopic (exact) mass is 643 g/mol. The molecular weight excluding hydrogens is 611 g/mol. The lowest BCUT2D eigenvalue weighted by molar-refractivity contribution is 1.08. The quantitative estimate of drug-likeness (QED) is 0.175. The van der Waals surface area contributed by atoms with E-state index in [1.54, 1.807) is 0 Å². The van der Waals surface area contributed by atoms with E-state index in [0.29, 0.717) is 17.5 Å². The number of fused-ring (bicyclic) bond motifs is 4. The zero-order valence-corrected chi connectivity index (χ0v) is 28.4. The topological polar surface area (TPSA) is 38.7 Å². The Hall–Kier alpha value is -5.97. The van der Waals surface area contributed by atoms with Crippen molar-refractivity contribution < 1.29 is 0 Å². The fourth-order valence-corrected chi connectivity index (χ4v) is 10.4. The summed E-state index contributed by atoms with van der Waals surface area (Å²) in [7, 11) is -1.87. The van der Waals surface area contributed by atoms with Gasteiger partial charge in [-0.05, 0) is 66.7 Å². The van der Waals surface area contributed by atoms with Gasteiger partial charge in [0.25, 0.3) is 0 Å². The van der Waals surface area contributed by atoms with Crippen molar-refractivity contribution in [1.29, 1.82) is 0 Å². The number of hydrogen-bond acceptors (Lipinski definition) is 3. The average Bonchev–Trinajstić information content (AvgIpc) is 3.41. The van der Waals surface area contributed by atoms with Gasteiger partial charge in [-0.2, -0.15) is 0 Å². The zero-order valence-electron chi connectivity index (χ0n) is 27.4. The summed E-state index contributed by atoms with van der Waals surface area (Å²) in [5.74, 6) is 2.03. The second-order valence-corrected chi connectivity index (χ2v) is 17.6. The Labute approximate surface area is 287 Å². The van der Waals surface area contributed by atoms with Crippen molar-refractivity contribution >= 4 is 29.2 Å². The third kappa shape index (κ3) is 5.09. The maximum atomic E-state index is 5.23. The van der Waals surface area contributed by atoms with Crippen LogP contribution in [0.15, 0.2) is 164 Å². The first-order valence-electron chi connectivity index (χ1n) is 16.8. The summed E-state index contributed by atoms with van der Waals surface area (Å²) >= 11 is 0. The molecule has 2 heterocycles. The van der Waals surface area contributed by atoms with Crippen molar-refractivity contribution in [1.82, 2.24) is 15.0 Å². The van der Waals surface area contributed by atoms with E-state index in [4.69, 9.17) is 15.0 Å². The van der Waals surface area contributed by atoms with Crippen molar-refractivity contribution in [2.45, 2.75) is 13.1 Å². The number of benzene rings is 7. The highest BCUT2D eigenvalue weighted by Crippen LogP contribution is 2.37. The van der Waals surface area contributed by atoms with Crippen LogP contribution < -0.4 is 10.4 Å². The molecule has 49 heavy (non-hydrogen) atoms. The van der Waals surface area contributed by atoms with Gasteiger partial charge in [0, 0.05) is 16.7 Å². The second-order valence-electron chi connectivity index (χ2n) is 13.3. The van der Waals surface area contributed by atoms with E-state index in [1.807, 2.05) is 6.07 Å². The number of nitrogens with zero attached hydrogens (tertiary/aromatic N) is 3. The molecule has 0 N–H and O–H groups in total. The van der Waals surface area contributed by atoms with Crippen LogP contribution in [0.5, 0.6) is 0 Å². The van der Waals surface area contributed by atoms with E-state index in [1.165, 1.54) is 43.6 Å². The Morgan fingerprint density at radius 3 is 1.53 bits per heavy atom. The van der Waals surface area contributed by atoms with Crippen molar-refractivity contribution in [3.8, 4) is 67.5 Å². The molecule has 0 aliphatic carbocycles. The van der Waals surface area contributed by atoms with Crippen LogP contribution in [0.1, 0.15) is 0 Å². The molecule has 8 aromatic rings. The molecule has 1 aromatic heterocycles. The molecule has 7 aromatic carbocycles. The predicted molar refractivity (Wildman–Crippen MR) is 207 cm³/mol. The van der Waals surface area contributed by atoms with Crippen LogP contribution >= 0.6 is 0 Å². The maximum Gasteiger partial charge on any atom is 0.164 e. The normalized spacial score (nSPS) is 12.9. The molecule has 4 heteroatoms. The SMILES string of the molecule is C[Si]1(C)c2ccccc2-c2c(-c3nc(-c4ccc(-c5ccccc5)cc4)nc(-c4ccc5cc(-c6ccccc6)ccc5c4)n3)cccc21. The van der Waals surface area contributed by atoms with Gasteiger partial charge in [-0.1, -0.05) is 165 Å². The molecule has 0 unspecified atom stereocenters. The van der Waals surface area contributed by atoms with Crippen LogP contribution in [0, 0.1) is 0 Å². The first kappa shape index (κ1) is 29.2. The van der Waals surface area contributed by atoms with E-state index < -0.39 is 8.07 Å². The predicted octanol–water partition coefficient (Wildman–Crippen LogP) is 10.2. The summed E-state index contributed by atoms with van der Waals surface area (Å²) in [6.07, 6.45) is 0. The van der Waals surface area contributed by atoms with Crippen molar-refractivity contribution in [2.75, 3.05) is 0 Å². The fraction of sp³-hybridized carbons (Fsp3) is 0.0444. The van der Waals surface area contributed by atoms with Crippen LogP contribution in [-0.2, 0) is 0 Å². The minimum atomic E-state index is -1.87. The molecule has 232 valence electrons. The van der Waals surface area contributed by atoms with Gasteiger partial charge in [-0.3, -0.25) is 0 Å².